The Hall–Kier alpha value is -3.08. The Kier molecular flexibility index (Phi) is 5.31. The summed E-state index contributed by atoms with van der Waals surface area (Å²) in [5.41, 5.74) is 5.62. The number of nitrogens with zero attached hydrogens (tertiary/aromatic N) is 1. The van der Waals surface area contributed by atoms with E-state index in [4.69, 9.17) is 4.42 Å². The van der Waals surface area contributed by atoms with Gasteiger partial charge >= 0.3 is 0 Å². The Morgan fingerprint density at radius 2 is 1.89 bits per heavy atom. The number of furan rings is 1. The Morgan fingerprint density at radius 1 is 1.11 bits per heavy atom. The molecule has 5 heteroatoms. The van der Waals surface area contributed by atoms with Crippen LogP contribution in [0.4, 0.5) is 5.69 Å². The van der Waals surface area contributed by atoms with E-state index in [9.17, 15) is 9.59 Å². The lowest BCUT2D eigenvalue weighted by Gasteiger charge is -2.17. The summed E-state index contributed by atoms with van der Waals surface area (Å²) in [5.74, 6) is -0.346. The molecule has 0 atom stereocenters. The van der Waals surface area contributed by atoms with Crippen molar-refractivity contribution < 1.29 is 14.0 Å². The molecule has 0 spiro atoms. The predicted molar refractivity (Wildman–Crippen MR) is 107 cm³/mol. The van der Waals surface area contributed by atoms with Gasteiger partial charge in [0.25, 0.3) is 0 Å². The minimum absolute atomic E-state index is 0.00110. The molecular formula is C22H24N2O3. The van der Waals surface area contributed by atoms with Gasteiger partial charge in [0.05, 0.1) is 19.2 Å². The van der Waals surface area contributed by atoms with Gasteiger partial charge in [-0.1, -0.05) is 24.3 Å². The van der Waals surface area contributed by atoms with Crippen molar-refractivity contribution in [3.05, 3.63) is 64.9 Å². The number of fused-ring (bicyclic) bond motifs is 1. The maximum absolute atomic E-state index is 12.5. The number of amides is 2. The topological polar surface area (TPSA) is 62.6 Å². The van der Waals surface area contributed by atoms with Crippen molar-refractivity contribution in [2.45, 2.75) is 27.2 Å². The first-order valence-electron chi connectivity index (χ1n) is 8.92. The number of likely N-dealkylation sites (N-methyl/N-ethyl adjacent to an activating group) is 1. The second kappa shape index (κ2) is 7.66. The molecule has 5 nitrogen and oxygen atoms in total. The molecule has 0 saturated heterocycles. The summed E-state index contributed by atoms with van der Waals surface area (Å²) >= 11 is 0. The molecule has 2 amide bonds. The van der Waals surface area contributed by atoms with Crippen LogP contribution in [0.25, 0.3) is 11.0 Å². The average Bonchev–Trinajstić information content (AvgIpc) is 3.00. The molecule has 140 valence electrons. The Morgan fingerprint density at radius 3 is 2.67 bits per heavy atom. The van der Waals surface area contributed by atoms with E-state index in [1.807, 2.05) is 57.2 Å². The lowest BCUT2D eigenvalue weighted by Crippen LogP contribution is -2.35. The maximum atomic E-state index is 12.5. The first kappa shape index (κ1) is 18.7. The van der Waals surface area contributed by atoms with E-state index in [-0.39, 0.29) is 24.8 Å². The number of carbonyl (C=O) groups excluding carboxylic acids is 2. The second-order valence-corrected chi connectivity index (χ2v) is 6.98. The molecule has 0 aliphatic rings. The van der Waals surface area contributed by atoms with Crippen molar-refractivity contribution >= 4 is 28.5 Å². The number of rotatable bonds is 5. The van der Waals surface area contributed by atoms with Gasteiger partial charge in [-0.25, -0.2) is 0 Å². The number of aryl methyl sites for hydroxylation is 2. The maximum Gasteiger partial charge on any atom is 0.243 e. The molecule has 0 saturated carbocycles. The monoisotopic (exact) mass is 364 g/mol. The van der Waals surface area contributed by atoms with Crippen LogP contribution in [0, 0.1) is 20.8 Å². The van der Waals surface area contributed by atoms with Gasteiger partial charge in [-0.3, -0.25) is 9.59 Å². The SMILES string of the molecule is Cc1ccc2c(CC(=O)N(C)CC(=O)Nc3cccc(C)c3C)coc2c1. The molecule has 0 fully saturated rings. The molecule has 3 rings (SSSR count). The fraction of sp³-hybridized carbons (Fsp3) is 0.273. The molecule has 0 aliphatic carbocycles. The highest BCUT2D eigenvalue weighted by Crippen LogP contribution is 2.23. The molecule has 0 bridgehead atoms. The molecule has 1 N–H and O–H groups in total. The van der Waals surface area contributed by atoms with Gasteiger partial charge in [0.1, 0.15) is 5.58 Å². The summed E-state index contributed by atoms with van der Waals surface area (Å²) in [6.07, 6.45) is 1.81. The van der Waals surface area contributed by atoms with Gasteiger partial charge in [-0.15, -0.1) is 0 Å². The average molecular weight is 364 g/mol. The summed E-state index contributed by atoms with van der Waals surface area (Å²) < 4.78 is 5.54. The van der Waals surface area contributed by atoms with Crippen LogP contribution in [0.5, 0.6) is 0 Å². The number of hydrogen-bond donors (Lipinski definition) is 1. The van der Waals surface area contributed by atoms with Crippen LogP contribution in [0.15, 0.2) is 47.1 Å². The van der Waals surface area contributed by atoms with Crippen molar-refractivity contribution in [2.24, 2.45) is 0 Å². The zero-order valence-electron chi connectivity index (χ0n) is 16.1. The largest absolute Gasteiger partial charge is 0.464 e. The molecule has 0 aliphatic heterocycles. The Bertz CT molecular complexity index is 1000. The third-order valence-corrected chi connectivity index (χ3v) is 4.84. The van der Waals surface area contributed by atoms with Gasteiger partial charge in [0.15, 0.2) is 0 Å². The minimum Gasteiger partial charge on any atom is -0.464 e. The quantitative estimate of drug-likeness (QED) is 0.744. The molecule has 1 heterocycles. The zero-order valence-corrected chi connectivity index (χ0v) is 16.1. The fourth-order valence-corrected chi connectivity index (χ4v) is 3.01. The van der Waals surface area contributed by atoms with Crippen molar-refractivity contribution in [1.82, 2.24) is 4.90 Å². The summed E-state index contributed by atoms with van der Waals surface area (Å²) in [6, 6.07) is 11.7. The van der Waals surface area contributed by atoms with E-state index in [1.54, 1.807) is 13.3 Å². The van der Waals surface area contributed by atoms with Crippen LogP contribution in [-0.2, 0) is 16.0 Å². The number of anilines is 1. The van der Waals surface area contributed by atoms with E-state index in [1.165, 1.54) is 4.90 Å². The van der Waals surface area contributed by atoms with Gasteiger partial charge in [-0.2, -0.15) is 0 Å². The van der Waals surface area contributed by atoms with Gasteiger partial charge in [0.2, 0.25) is 11.8 Å². The smallest absolute Gasteiger partial charge is 0.243 e. The lowest BCUT2D eigenvalue weighted by molar-refractivity contribution is -0.132. The lowest BCUT2D eigenvalue weighted by atomic mass is 10.1. The first-order chi connectivity index (χ1) is 12.8. The third kappa shape index (κ3) is 4.19. The van der Waals surface area contributed by atoms with E-state index < -0.39 is 0 Å². The Balaban J connectivity index is 1.63. The second-order valence-electron chi connectivity index (χ2n) is 6.98. The third-order valence-electron chi connectivity index (χ3n) is 4.84. The number of hydrogen-bond acceptors (Lipinski definition) is 3. The standard InChI is InChI=1S/C22H24N2O3/c1-14-8-9-18-17(13-27-20(18)10-14)11-22(26)24(4)12-21(25)23-19-7-5-6-15(2)16(19)3/h5-10,13H,11-12H2,1-4H3,(H,23,25). The first-order valence-corrected chi connectivity index (χ1v) is 8.92. The van der Waals surface area contributed by atoms with Crippen molar-refractivity contribution in [1.29, 1.82) is 0 Å². The van der Waals surface area contributed by atoms with Gasteiger partial charge in [-0.05, 0) is 49.6 Å². The Labute approximate surface area is 159 Å². The zero-order chi connectivity index (χ0) is 19.6. The molecule has 2 aromatic carbocycles. The fourth-order valence-electron chi connectivity index (χ4n) is 3.01. The summed E-state index contributed by atoms with van der Waals surface area (Å²) in [4.78, 5) is 26.3. The van der Waals surface area contributed by atoms with Crippen LogP contribution in [0.2, 0.25) is 0 Å². The van der Waals surface area contributed by atoms with Gasteiger partial charge < -0.3 is 14.6 Å². The molecule has 27 heavy (non-hydrogen) atoms. The van der Waals surface area contributed by atoms with Crippen LogP contribution < -0.4 is 5.32 Å². The molecule has 3 aromatic rings. The number of carbonyl (C=O) groups is 2. The van der Waals surface area contributed by atoms with Crippen LogP contribution in [0.3, 0.4) is 0 Å². The highest BCUT2D eigenvalue weighted by Gasteiger charge is 2.17. The van der Waals surface area contributed by atoms with Crippen molar-refractivity contribution in [2.75, 3.05) is 18.9 Å². The minimum atomic E-state index is -0.216. The molecule has 1 aromatic heterocycles. The van der Waals surface area contributed by atoms with Crippen molar-refractivity contribution in [3.8, 4) is 0 Å². The predicted octanol–water partition coefficient (Wildman–Crippen LogP) is 4.00. The van der Waals surface area contributed by atoms with E-state index in [0.29, 0.717) is 0 Å². The summed E-state index contributed by atoms with van der Waals surface area (Å²) in [6.45, 7) is 5.96. The molecule has 0 radical (unpaired) electrons. The van der Waals surface area contributed by atoms with Crippen LogP contribution >= 0.6 is 0 Å². The van der Waals surface area contributed by atoms with E-state index in [0.717, 1.165) is 38.9 Å². The van der Waals surface area contributed by atoms with Crippen LogP contribution in [0.1, 0.15) is 22.3 Å². The number of benzene rings is 2. The van der Waals surface area contributed by atoms with E-state index >= 15 is 0 Å². The normalized spacial score (nSPS) is 10.8. The molecular weight excluding hydrogens is 340 g/mol. The summed E-state index contributed by atoms with van der Waals surface area (Å²) in [7, 11) is 1.64. The number of nitrogens with one attached hydrogen (secondary N) is 1. The van der Waals surface area contributed by atoms with E-state index in [2.05, 4.69) is 5.32 Å². The highest BCUT2D eigenvalue weighted by atomic mass is 16.3. The van der Waals surface area contributed by atoms with Gasteiger partial charge in [0, 0.05) is 23.7 Å². The van der Waals surface area contributed by atoms with Crippen molar-refractivity contribution in [3.63, 3.8) is 0 Å². The molecule has 0 unspecified atom stereocenters. The van der Waals surface area contributed by atoms with Crippen LogP contribution in [-0.4, -0.2) is 30.3 Å². The highest BCUT2D eigenvalue weighted by molar-refractivity contribution is 5.96. The summed E-state index contributed by atoms with van der Waals surface area (Å²) in [5, 5.41) is 3.81.